The summed E-state index contributed by atoms with van der Waals surface area (Å²) in [6.45, 7) is 1.11. The van der Waals surface area contributed by atoms with E-state index in [1.807, 2.05) is 71.6 Å². The Bertz CT molecular complexity index is 1720. The molecule has 0 atom stereocenters. The molecule has 1 amide bonds. The third kappa shape index (κ3) is 4.02. The summed E-state index contributed by atoms with van der Waals surface area (Å²) in [6.07, 6.45) is 2.36. The molecule has 190 valence electrons. The van der Waals surface area contributed by atoms with E-state index in [1.54, 1.807) is 26.5 Å². The molecule has 38 heavy (non-hydrogen) atoms. The average Bonchev–Trinajstić information content (AvgIpc) is 3.34. The quantitative estimate of drug-likeness (QED) is 0.335. The monoisotopic (exact) mass is 505 g/mol. The number of rotatable bonds is 5. The summed E-state index contributed by atoms with van der Waals surface area (Å²) in [6, 6.07) is 23.2. The third-order valence-electron chi connectivity index (χ3n) is 7.20. The minimum Gasteiger partial charge on any atom is -0.493 e. The maximum Gasteiger partial charge on any atom is 0.257 e. The van der Waals surface area contributed by atoms with Gasteiger partial charge < -0.3 is 24.3 Å². The van der Waals surface area contributed by atoms with Gasteiger partial charge in [0.25, 0.3) is 11.5 Å². The van der Waals surface area contributed by atoms with Gasteiger partial charge in [-0.25, -0.2) is 0 Å². The Morgan fingerprint density at radius 1 is 0.895 bits per heavy atom. The number of hydrogen-bond donors (Lipinski definition) is 2. The van der Waals surface area contributed by atoms with Gasteiger partial charge in [-0.2, -0.15) is 0 Å². The Morgan fingerprint density at radius 3 is 2.39 bits per heavy atom. The number of carbonyl (C=O) groups is 1. The highest BCUT2D eigenvalue weighted by Crippen LogP contribution is 2.38. The van der Waals surface area contributed by atoms with Crippen molar-refractivity contribution in [1.29, 1.82) is 0 Å². The van der Waals surface area contributed by atoms with Crippen LogP contribution in [-0.4, -0.2) is 41.5 Å². The SMILES string of the molecule is COc1cc2c(cc1OC)CN(C(=O)c1ccc3[nH]c(-c4ccc[nH]c4=O)c(-c4ccccc4)c3c1)CC2. The molecule has 0 aliphatic carbocycles. The van der Waals surface area contributed by atoms with Crippen LogP contribution in [0.25, 0.3) is 33.3 Å². The minimum atomic E-state index is -0.174. The van der Waals surface area contributed by atoms with Crippen LogP contribution in [0.5, 0.6) is 11.5 Å². The lowest BCUT2D eigenvalue weighted by molar-refractivity contribution is 0.0734. The largest absolute Gasteiger partial charge is 0.493 e. The molecule has 1 aliphatic heterocycles. The molecule has 3 aromatic carbocycles. The van der Waals surface area contributed by atoms with Gasteiger partial charge in [0.1, 0.15) is 0 Å². The van der Waals surface area contributed by atoms with Gasteiger partial charge in [-0.1, -0.05) is 30.3 Å². The number of methoxy groups -OCH3 is 2. The Hall–Kier alpha value is -4.78. The first kappa shape index (κ1) is 23.6. The fourth-order valence-electron chi connectivity index (χ4n) is 5.29. The Kier molecular flexibility index (Phi) is 5.96. The maximum atomic E-state index is 13.7. The van der Waals surface area contributed by atoms with Gasteiger partial charge >= 0.3 is 0 Å². The fourth-order valence-corrected chi connectivity index (χ4v) is 5.29. The van der Waals surface area contributed by atoms with Crippen LogP contribution in [0.3, 0.4) is 0 Å². The number of amides is 1. The lowest BCUT2D eigenvalue weighted by Gasteiger charge is -2.29. The van der Waals surface area contributed by atoms with E-state index >= 15 is 0 Å². The number of carbonyl (C=O) groups excluding carboxylic acids is 1. The van der Waals surface area contributed by atoms with E-state index in [-0.39, 0.29) is 11.5 Å². The van der Waals surface area contributed by atoms with Crippen molar-refractivity contribution in [3.8, 4) is 33.9 Å². The summed E-state index contributed by atoms with van der Waals surface area (Å²) in [5.41, 5.74) is 6.65. The summed E-state index contributed by atoms with van der Waals surface area (Å²) < 4.78 is 10.9. The lowest BCUT2D eigenvalue weighted by Crippen LogP contribution is -2.36. The van der Waals surface area contributed by atoms with Crippen LogP contribution in [0.4, 0.5) is 0 Å². The second kappa shape index (κ2) is 9.59. The van der Waals surface area contributed by atoms with E-state index < -0.39 is 0 Å². The number of hydrogen-bond acceptors (Lipinski definition) is 4. The second-order valence-corrected chi connectivity index (χ2v) is 9.37. The van der Waals surface area contributed by atoms with Crippen LogP contribution in [0.1, 0.15) is 21.5 Å². The standard InChI is InChI=1S/C31H27N3O4/c1-37-26-16-20-12-14-34(18-22(20)17-27(26)38-2)31(36)21-10-11-25-24(15-21)28(19-7-4-3-5-8-19)29(33-25)23-9-6-13-32-30(23)35/h3-11,13,15-17,33H,12,14,18H2,1-2H3,(H,32,35). The number of nitrogens with zero attached hydrogens (tertiary/aromatic N) is 1. The molecule has 2 N–H and O–H groups in total. The van der Waals surface area contributed by atoms with Gasteiger partial charge in [-0.3, -0.25) is 9.59 Å². The van der Waals surface area contributed by atoms with Crippen molar-refractivity contribution in [2.24, 2.45) is 0 Å². The van der Waals surface area contributed by atoms with Crippen molar-refractivity contribution >= 4 is 16.8 Å². The van der Waals surface area contributed by atoms with E-state index in [4.69, 9.17) is 9.47 Å². The zero-order valence-corrected chi connectivity index (χ0v) is 21.2. The summed E-state index contributed by atoms with van der Waals surface area (Å²) in [5.74, 6) is 1.32. The van der Waals surface area contributed by atoms with Crippen molar-refractivity contribution in [3.05, 3.63) is 106 Å². The average molecular weight is 506 g/mol. The Balaban J connectivity index is 1.41. The Labute approximate surface area is 219 Å². The second-order valence-electron chi connectivity index (χ2n) is 9.37. The third-order valence-corrected chi connectivity index (χ3v) is 7.20. The van der Waals surface area contributed by atoms with Crippen LogP contribution >= 0.6 is 0 Å². The molecule has 0 unspecified atom stereocenters. The molecule has 6 rings (SSSR count). The van der Waals surface area contributed by atoms with Crippen LogP contribution in [-0.2, 0) is 13.0 Å². The zero-order valence-electron chi connectivity index (χ0n) is 21.2. The summed E-state index contributed by atoms with van der Waals surface area (Å²) in [5, 5.41) is 0.893. The van der Waals surface area contributed by atoms with Gasteiger partial charge in [0.2, 0.25) is 0 Å². The van der Waals surface area contributed by atoms with Crippen LogP contribution < -0.4 is 15.0 Å². The molecule has 3 heterocycles. The first-order valence-corrected chi connectivity index (χ1v) is 12.5. The molecule has 0 radical (unpaired) electrons. The van der Waals surface area contributed by atoms with Crippen molar-refractivity contribution in [1.82, 2.24) is 14.9 Å². The van der Waals surface area contributed by atoms with E-state index in [9.17, 15) is 9.59 Å². The Morgan fingerprint density at radius 2 is 1.66 bits per heavy atom. The summed E-state index contributed by atoms with van der Waals surface area (Å²) in [7, 11) is 3.24. The number of H-pyrrole nitrogens is 2. The molecule has 2 aromatic heterocycles. The number of benzene rings is 3. The van der Waals surface area contributed by atoms with E-state index in [0.29, 0.717) is 35.7 Å². The molecule has 0 fully saturated rings. The van der Waals surface area contributed by atoms with E-state index in [2.05, 4.69) is 9.97 Å². The van der Waals surface area contributed by atoms with Gasteiger partial charge in [0, 0.05) is 41.3 Å². The molecule has 7 nitrogen and oxygen atoms in total. The highest BCUT2D eigenvalue weighted by atomic mass is 16.5. The molecule has 7 heteroatoms. The molecule has 0 bridgehead atoms. The van der Waals surface area contributed by atoms with E-state index in [1.165, 1.54) is 0 Å². The molecular weight excluding hydrogens is 478 g/mol. The zero-order chi connectivity index (χ0) is 26.2. The highest BCUT2D eigenvalue weighted by Gasteiger charge is 2.25. The van der Waals surface area contributed by atoms with Crippen LogP contribution in [0.2, 0.25) is 0 Å². The predicted molar refractivity (Wildman–Crippen MR) is 148 cm³/mol. The van der Waals surface area contributed by atoms with Crippen molar-refractivity contribution in [2.45, 2.75) is 13.0 Å². The van der Waals surface area contributed by atoms with Crippen LogP contribution in [0.15, 0.2) is 83.8 Å². The topological polar surface area (TPSA) is 87.4 Å². The maximum absolute atomic E-state index is 13.7. The highest BCUT2D eigenvalue weighted by molar-refractivity contribution is 6.07. The number of aromatic amines is 2. The van der Waals surface area contributed by atoms with Crippen molar-refractivity contribution in [3.63, 3.8) is 0 Å². The van der Waals surface area contributed by atoms with Gasteiger partial charge in [-0.05, 0) is 65.6 Å². The van der Waals surface area contributed by atoms with Crippen LogP contribution in [0, 0.1) is 0 Å². The van der Waals surface area contributed by atoms with Gasteiger partial charge in [0.15, 0.2) is 11.5 Å². The smallest absolute Gasteiger partial charge is 0.257 e. The van der Waals surface area contributed by atoms with Gasteiger partial charge in [-0.15, -0.1) is 0 Å². The van der Waals surface area contributed by atoms with Crippen molar-refractivity contribution < 1.29 is 14.3 Å². The number of ether oxygens (including phenoxy) is 2. The molecule has 0 saturated carbocycles. The van der Waals surface area contributed by atoms with E-state index in [0.717, 1.165) is 45.3 Å². The minimum absolute atomic E-state index is 0.0355. The number of aromatic nitrogens is 2. The normalized spacial score (nSPS) is 12.8. The first-order chi connectivity index (χ1) is 18.6. The first-order valence-electron chi connectivity index (χ1n) is 12.5. The fraction of sp³-hybridized carbons (Fsp3) is 0.161. The number of pyridine rings is 1. The molecule has 0 spiro atoms. The number of nitrogens with one attached hydrogen (secondary N) is 2. The van der Waals surface area contributed by atoms with Gasteiger partial charge in [0.05, 0.1) is 25.5 Å². The van der Waals surface area contributed by atoms with Crippen molar-refractivity contribution in [2.75, 3.05) is 20.8 Å². The summed E-state index contributed by atoms with van der Waals surface area (Å²) >= 11 is 0. The number of fused-ring (bicyclic) bond motifs is 2. The molecule has 0 saturated heterocycles. The predicted octanol–water partition coefficient (Wildman–Crippen LogP) is 5.41. The summed E-state index contributed by atoms with van der Waals surface area (Å²) in [4.78, 5) is 34.5. The molecular formula is C31H27N3O4. The lowest BCUT2D eigenvalue weighted by atomic mass is 9.96. The molecule has 5 aromatic rings. The molecule has 1 aliphatic rings.